The molecule has 0 amide bonds. The van der Waals surface area contributed by atoms with Crippen molar-refractivity contribution in [3.05, 3.63) is 38.9 Å². The first-order valence-corrected chi connectivity index (χ1v) is 4.09. The van der Waals surface area contributed by atoms with Gasteiger partial charge in [-0.15, -0.1) is 0 Å². The number of nitrogens with zero attached hydrogens (tertiary/aromatic N) is 1. The minimum absolute atomic E-state index is 0.0108. The average molecular weight is 201 g/mol. The Morgan fingerprint density at radius 1 is 1.62 bits per heavy atom. The fourth-order valence-corrected chi connectivity index (χ4v) is 1.28. The van der Waals surface area contributed by atoms with Gasteiger partial charge in [0, 0.05) is 23.2 Å². The Hall–Kier alpha value is -1.13. The van der Waals surface area contributed by atoms with Gasteiger partial charge < -0.3 is 5.73 Å². The van der Waals surface area contributed by atoms with Crippen molar-refractivity contribution in [1.82, 2.24) is 0 Å². The van der Waals surface area contributed by atoms with Crippen molar-refractivity contribution >= 4 is 17.3 Å². The Morgan fingerprint density at radius 2 is 2.23 bits per heavy atom. The number of halogens is 1. The maximum absolute atomic E-state index is 10.4. The molecule has 0 bridgehead atoms. The van der Waals surface area contributed by atoms with Gasteiger partial charge in [-0.3, -0.25) is 10.1 Å². The van der Waals surface area contributed by atoms with Crippen LogP contribution in [0.5, 0.6) is 0 Å². The predicted octanol–water partition coefficient (Wildman–Crippen LogP) is 2.27. The van der Waals surface area contributed by atoms with E-state index in [0.717, 1.165) is 0 Å². The van der Waals surface area contributed by atoms with Crippen molar-refractivity contribution in [2.75, 3.05) is 0 Å². The van der Waals surface area contributed by atoms with Crippen molar-refractivity contribution in [2.24, 2.45) is 5.73 Å². The predicted molar refractivity (Wildman–Crippen MR) is 50.7 cm³/mol. The Balaban J connectivity index is 3.19. The number of nitro benzene ring substituents is 1. The highest BCUT2D eigenvalue weighted by Gasteiger charge is 2.11. The molecule has 13 heavy (non-hydrogen) atoms. The molecular formula is C8H9ClN2O2. The average Bonchev–Trinajstić information content (AvgIpc) is 2.04. The van der Waals surface area contributed by atoms with Gasteiger partial charge in [0.05, 0.1) is 4.92 Å². The maximum atomic E-state index is 10.4. The molecule has 0 unspecified atom stereocenters. The summed E-state index contributed by atoms with van der Waals surface area (Å²) < 4.78 is 0. The lowest BCUT2D eigenvalue weighted by Gasteiger charge is -2.06. The number of hydrogen-bond donors (Lipinski definition) is 1. The smallest absolute Gasteiger partial charge is 0.269 e. The van der Waals surface area contributed by atoms with Gasteiger partial charge in [-0.2, -0.15) is 0 Å². The van der Waals surface area contributed by atoms with E-state index < -0.39 is 4.92 Å². The van der Waals surface area contributed by atoms with Crippen LogP contribution in [0.2, 0.25) is 5.02 Å². The fraction of sp³-hybridized carbons (Fsp3) is 0.250. The molecule has 0 aliphatic carbocycles. The van der Waals surface area contributed by atoms with E-state index in [1.807, 2.05) is 0 Å². The van der Waals surface area contributed by atoms with E-state index in [1.165, 1.54) is 18.2 Å². The minimum atomic E-state index is -0.470. The molecule has 5 heteroatoms. The van der Waals surface area contributed by atoms with Gasteiger partial charge in [-0.25, -0.2) is 0 Å². The molecule has 0 aliphatic rings. The molecule has 70 valence electrons. The van der Waals surface area contributed by atoms with Crippen LogP contribution in [0.1, 0.15) is 18.5 Å². The summed E-state index contributed by atoms with van der Waals surface area (Å²) >= 11 is 5.79. The molecule has 0 aromatic heterocycles. The normalized spacial score (nSPS) is 12.5. The molecule has 0 aliphatic heterocycles. The zero-order valence-corrected chi connectivity index (χ0v) is 7.78. The van der Waals surface area contributed by atoms with Crippen LogP contribution in [0.4, 0.5) is 5.69 Å². The van der Waals surface area contributed by atoms with Gasteiger partial charge in [-0.1, -0.05) is 11.6 Å². The number of nitro groups is 1. The largest absolute Gasteiger partial charge is 0.324 e. The summed E-state index contributed by atoms with van der Waals surface area (Å²) in [4.78, 5) is 9.94. The quantitative estimate of drug-likeness (QED) is 0.588. The van der Waals surface area contributed by atoms with Crippen molar-refractivity contribution in [3.8, 4) is 0 Å². The molecule has 4 nitrogen and oxygen atoms in total. The monoisotopic (exact) mass is 200 g/mol. The van der Waals surface area contributed by atoms with Crippen LogP contribution in [0.25, 0.3) is 0 Å². The lowest BCUT2D eigenvalue weighted by atomic mass is 10.1. The van der Waals surface area contributed by atoms with E-state index in [9.17, 15) is 10.1 Å². The first kappa shape index (κ1) is 9.95. The molecule has 1 aromatic rings. The number of benzene rings is 1. The summed E-state index contributed by atoms with van der Waals surface area (Å²) in [5.74, 6) is 0. The van der Waals surface area contributed by atoms with Crippen molar-refractivity contribution in [1.29, 1.82) is 0 Å². The highest BCUT2D eigenvalue weighted by molar-refractivity contribution is 6.31. The summed E-state index contributed by atoms with van der Waals surface area (Å²) in [5.41, 5.74) is 6.18. The summed E-state index contributed by atoms with van der Waals surface area (Å²) in [6.07, 6.45) is 0. The number of non-ortho nitro benzene ring substituents is 1. The molecule has 2 N–H and O–H groups in total. The molecule has 0 spiro atoms. The lowest BCUT2D eigenvalue weighted by molar-refractivity contribution is -0.384. The molecule has 0 saturated heterocycles. The summed E-state index contributed by atoms with van der Waals surface area (Å²) in [5, 5.41) is 10.9. The second-order valence-corrected chi connectivity index (χ2v) is 3.16. The van der Waals surface area contributed by atoms with E-state index >= 15 is 0 Å². The molecule has 1 atom stereocenters. The van der Waals surface area contributed by atoms with Crippen molar-refractivity contribution in [3.63, 3.8) is 0 Å². The third kappa shape index (κ3) is 2.17. The molecule has 0 fully saturated rings. The number of hydrogen-bond acceptors (Lipinski definition) is 3. The Kier molecular flexibility index (Phi) is 2.85. The van der Waals surface area contributed by atoms with Crippen LogP contribution in [0, 0.1) is 10.1 Å². The van der Waals surface area contributed by atoms with E-state index in [1.54, 1.807) is 6.92 Å². The van der Waals surface area contributed by atoms with Crippen LogP contribution >= 0.6 is 11.6 Å². The zero-order valence-electron chi connectivity index (χ0n) is 7.03. The van der Waals surface area contributed by atoms with Crippen LogP contribution in [0.3, 0.4) is 0 Å². The Labute approximate surface area is 80.5 Å². The molecule has 1 rings (SSSR count). The maximum Gasteiger partial charge on any atom is 0.269 e. The van der Waals surface area contributed by atoms with Gasteiger partial charge in [0.2, 0.25) is 0 Å². The molecule has 1 aromatic carbocycles. The number of rotatable bonds is 2. The van der Waals surface area contributed by atoms with Gasteiger partial charge in [-0.05, 0) is 18.6 Å². The van der Waals surface area contributed by atoms with Gasteiger partial charge in [0.1, 0.15) is 0 Å². The summed E-state index contributed by atoms with van der Waals surface area (Å²) in [6, 6.07) is 3.94. The topological polar surface area (TPSA) is 69.2 Å². The van der Waals surface area contributed by atoms with Gasteiger partial charge >= 0.3 is 0 Å². The highest BCUT2D eigenvalue weighted by atomic mass is 35.5. The van der Waals surface area contributed by atoms with E-state index in [4.69, 9.17) is 17.3 Å². The lowest BCUT2D eigenvalue weighted by Crippen LogP contribution is -2.06. The SMILES string of the molecule is C[C@H](N)c1cc([N+](=O)[O-])ccc1Cl. The first-order valence-electron chi connectivity index (χ1n) is 3.72. The zero-order chi connectivity index (χ0) is 10.0. The van der Waals surface area contributed by atoms with Crippen LogP contribution in [0.15, 0.2) is 18.2 Å². The molecule has 0 heterocycles. The van der Waals surface area contributed by atoms with E-state index in [2.05, 4.69) is 0 Å². The molecule has 0 saturated carbocycles. The summed E-state index contributed by atoms with van der Waals surface area (Å²) in [7, 11) is 0. The van der Waals surface area contributed by atoms with Crippen LogP contribution in [-0.2, 0) is 0 Å². The summed E-state index contributed by atoms with van der Waals surface area (Å²) in [6.45, 7) is 1.73. The van der Waals surface area contributed by atoms with Crippen molar-refractivity contribution < 1.29 is 4.92 Å². The first-order chi connectivity index (χ1) is 6.02. The van der Waals surface area contributed by atoms with Gasteiger partial charge in [0.15, 0.2) is 0 Å². The standard InChI is InChI=1S/C8H9ClN2O2/c1-5(10)7-4-6(11(12)13)2-3-8(7)9/h2-5H,10H2,1H3/t5-/m0/s1. The Morgan fingerprint density at radius 3 is 2.69 bits per heavy atom. The second kappa shape index (κ2) is 3.72. The van der Waals surface area contributed by atoms with Crippen LogP contribution in [-0.4, -0.2) is 4.92 Å². The fourth-order valence-electron chi connectivity index (χ4n) is 0.994. The van der Waals surface area contributed by atoms with E-state index in [-0.39, 0.29) is 11.7 Å². The third-order valence-corrected chi connectivity index (χ3v) is 2.03. The third-order valence-electron chi connectivity index (χ3n) is 1.68. The van der Waals surface area contributed by atoms with E-state index in [0.29, 0.717) is 10.6 Å². The minimum Gasteiger partial charge on any atom is -0.324 e. The highest BCUT2D eigenvalue weighted by Crippen LogP contribution is 2.25. The van der Waals surface area contributed by atoms with Crippen molar-refractivity contribution in [2.45, 2.75) is 13.0 Å². The van der Waals surface area contributed by atoms with Gasteiger partial charge in [0.25, 0.3) is 5.69 Å². The number of nitrogens with two attached hydrogens (primary N) is 1. The molecule has 0 radical (unpaired) electrons. The second-order valence-electron chi connectivity index (χ2n) is 2.75. The molecular weight excluding hydrogens is 192 g/mol. The van der Waals surface area contributed by atoms with Crippen LogP contribution < -0.4 is 5.73 Å². The Bertz CT molecular complexity index is 339.